The number of hydrogen-bond acceptors (Lipinski definition) is 10. The summed E-state index contributed by atoms with van der Waals surface area (Å²) in [4.78, 5) is 25.2. The highest BCUT2D eigenvalue weighted by atomic mass is 16.7. The van der Waals surface area contributed by atoms with Crippen LogP contribution in [0.3, 0.4) is 0 Å². The Balaban J connectivity index is 1.91. The average molecular weight is 1240 g/mol. The summed E-state index contributed by atoms with van der Waals surface area (Å²) in [6.45, 7) is 4.21. The molecule has 7 unspecified atom stereocenters. The van der Waals surface area contributed by atoms with E-state index in [4.69, 9.17) is 14.2 Å². The number of aliphatic hydroxyl groups excluding tert-OH is 5. The first-order chi connectivity index (χ1) is 43.2. The van der Waals surface area contributed by atoms with Crippen LogP contribution >= 0.6 is 0 Å². The van der Waals surface area contributed by atoms with Crippen LogP contribution in [0.5, 0.6) is 0 Å². The number of amides is 1. The average Bonchev–Trinajstić information content (AvgIpc) is 1.96. The van der Waals surface area contributed by atoms with Gasteiger partial charge in [0.1, 0.15) is 24.4 Å². The first kappa shape index (κ1) is 83.1. The summed E-state index contributed by atoms with van der Waals surface area (Å²) in [7, 11) is 0. The summed E-state index contributed by atoms with van der Waals surface area (Å²) in [6.07, 6.45) is 79.3. The number of rotatable bonds is 65. The predicted octanol–water partition coefficient (Wildman–Crippen LogP) is 19.5. The zero-order chi connectivity index (χ0) is 63.7. The van der Waals surface area contributed by atoms with Gasteiger partial charge >= 0.3 is 5.97 Å². The van der Waals surface area contributed by atoms with Gasteiger partial charge in [-0.15, -0.1) is 0 Å². The molecule has 1 aliphatic rings. The van der Waals surface area contributed by atoms with E-state index in [0.29, 0.717) is 19.4 Å². The zero-order valence-electron chi connectivity index (χ0n) is 56.9. The van der Waals surface area contributed by atoms with E-state index in [1.54, 1.807) is 6.08 Å². The lowest BCUT2D eigenvalue weighted by molar-refractivity contribution is -0.302. The molecule has 11 heteroatoms. The first-order valence-electron chi connectivity index (χ1n) is 37.2. The molecule has 1 fully saturated rings. The van der Waals surface area contributed by atoms with Gasteiger partial charge in [-0.05, 0) is 109 Å². The fraction of sp³-hybridized carbons (Fsp3) is 0.818. The van der Waals surface area contributed by atoms with Gasteiger partial charge in [-0.2, -0.15) is 0 Å². The van der Waals surface area contributed by atoms with E-state index in [9.17, 15) is 35.1 Å². The molecule has 6 N–H and O–H groups in total. The van der Waals surface area contributed by atoms with E-state index >= 15 is 0 Å². The Morgan fingerprint density at radius 3 is 1.25 bits per heavy atom. The van der Waals surface area contributed by atoms with Crippen molar-refractivity contribution in [1.29, 1.82) is 0 Å². The molecule has 0 bridgehead atoms. The minimum absolute atomic E-state index is 0.00418. The van der Waals surface area contributed by atoms with Crippen molar-refractivity contribution < 1.29 is 49.3 Å². The number of unbranched alkanes of at least 4 members (excludes halogenated alkanes) is 41. The number of hydrogen-bond donors (Lipinski definition) is 6. The molecule has 11 nitrogen and oxygen atoms in total. The largest absolute Gasteiger partial charge is 0.466 e. The lowest BCUT2D eigenvalue weighted by atomic mass is 9.99. The van der Waals surface area contributed by atoms with E-state index in [1.165, 1.54) is 238 Å². The number of allylic oxidation sites excluding steroid dienone is 11. The van der Waals surface area contributed by atoms with Crippen molar-refractivity contribution in [3.8, 4) is 0 Å². The molecule has 7 atom stereocenters. The molecule has 0 saturated carbocycles. The van der Waals surface area contributed by atoms with Gasteiger partial charge < -0.3 is 45.1 Å². The van der Waals surface area contributed by atoms with Crippen LogP contribution in [0.2, 0.25) is 0 Å². The monoisotopic (exact) mass is 1240 g/mol. The second-order valence-electron chi connectivity index (χ2n) is 25.6. The van der Waals surface area contributed by atoms with Crippen LogP contribution in [0.1, 0.15) is 341 Å². The molecule has 88 heavy (non-hydrogen) atoms. The van der Waals surface area contributed by atoms with Gasteiger partial charge in [-0.3, -0.25) is 9.59 Å². The standard InChI is InChI=1S/C77H139NO10/c1-3-5-7-9-11-13-15-16-17-18-32-36-39-42-45-49-53-57-61-65-73(82)86-66-62-58-54-50-46-43-40-37-34-31-29-27-25-23-21-19-20-22-24-26-28-30-33-35-38-41-44-48-52-56-60-64-72(81)78-69(68-87-77-76(85)75(84)74(83)71(67-79)88-77)70(80)63-59-55-51-47-14-12-10-8-6-4-2/h6,8,14,16-17,21,23,27,29,47,59,63,69-71,74-77,79-80,83-85H,3-5,7,9-13,15,18-20,22,24-26,28,30-46,48-58,60-62,64-68H2,1-2H3,(H,78,81)/b8-6+,17-16-,23-21-,29-27-,47-14+,63-59+. The normalized spacial score (nSPS) is 18.2. The van der Waals surface area contributed by atoms with Crippen molar-refractivity contribution in [1.82, 2.24) is 5.32 Å². The Kier molecular flexibility index (Phi) is 61.9. The second kappa shape index (κ2) is 65.6. The maximum absolute atomic E-state index is 13.0. The molecule has 0 spiro atoms. The fourth-order valence-corrected chi connectivity index (χ4v) is 11.4. The molecular formula is C77H139NO10. The number of esters is 1. The van der Waals surface area contributed by atoms with Gasteiger partial charge in [0.05, 0.1) is 32.0 Å². The van der Waals surface area contributed by atoms with Gasteiger partial charge in [0, 0.05) is 12.8 Å². The molecule has 1 heterocycles. The molecule has 0 aromatic rings. The molecule has 1 rings (SSSR count). The Morgan fingerprint density at radius 2 is 0.807 bits per heavy atom. The van der Waals surface area contributed by atoms with Gasteiger partial charge in [0.2, 0.25) is 5.91 Å². The summed E-state index contributed by atoms with van der Waals surface area (Å²) in [5.41, 5.74) is 0. The van der Waals surface area contributed by atoms with Crippen LogP contribution in [0.15, 0.2) is 72.9 Å². The van der Waals surface area contributed by atoms with E-state index in [2.05, 4.69) is 79.9 Å². The van der Waals surface area contributed by atoms with E-state index in [1.807, 2.05) is 6.08 Å². The smallest absolute Gasteiger partial charge is 0.305 e. The highest BCUT2D eigenvalue weighted by Gasteiger charge is 2.44. The van der Waals surface area contributed by atoms with Crippen molar-refractivity contribution in [2.24, 2.45) is 0 Å². The Labute approximate surface area is 541 Å². The molecule has 1 aliphatic heterocycles. The third-order valence-electron chi connectivity index (χ3n) is 17.3. The quantitative estimate of drug-likeness (QED) is 0.0195. The summed E-state index contributed by atoms with van der Waals surface area (Å²) < 4.78 is 16.7. The number of nitrogens with one attached hydrogen (secondary N) is 1. The van der Waals surface area contributed by atoms with Crippen LogP contribution in [-0.4, -0.2) is 100 Å². The zero-order valence-corrected chi connectivity index (χ0v) is 56.9. The van der Waals surface area contributed by atoms with Crippen LogP contribution in [0.4, 0.5) is 0 Å². The highest BCUT2D eigenvalue weighted by molar-refractivity contribution is 5.76. The molecule has 1 saturated heterocycles. The van der Waals surface area contributed by atoms with Crippen molar-refractivity contribution in [3.63, 3.8) is 0 Å². The van der Waals surface area contributed by atoms with Crippen molar-refractivity contribution in [2.75, 3.05) is 19.8 Å². The number of aliphatic hydroxyl groups is 5. The Hall–Kier alpha value is -2.90. The lowest BCUT2D eigenvalue weighted by Gasteiger charge is -2.40. The number of ether oxygens (including phenoxy) is 3. The molecule has 512 valence electrons. The van der Waals surface area contributed by atoms with E-state index in [0.717, 1.165) is 77.0 Å². The minimum Gasteiger partial charge on any atom is -0.466 e. The van der Waals surface area contributed by atoms with Crippen molar-refractivity contribution in [2.45, 2.75) is 384 Å². The second-order valence-corrected chi connectivity index (χ2v) is 25.6. The number of carbonyl (C=O) groups is 2. The summed E-state index contributed by atoms with van der Waals surface area (Å²) in [5, 5.41) is 54.3. The van der Waals surface area contributed by atoms with E-state index in [-0.39, 0.29) is 18.5 Å². The van der Waals surface area contributed by atoms with Gasteiger partial charge in [0.25, 0.3) is 0 Å². The summed E-state index contributed by atoms with van der Waals surface area (Å²) in [6, 6.07) is -0.835. The Morgan fingerprint density at radius 1 is 0.432 bits per heavy atom. The maximum Gasteiger partial charge on any atom is 0.305 e. The minimum atomic E-state index is -1.58. The molecule has 1 amide bonds. The lowest BCUT2D eigenvalue weighted by Crippen LogP contribution is -2.60. The maximum atomic E-state index is 13.0. The SMILES string of the molecule is CC/C=C/CC/C=C/CC/C=C/C(O)C(COC1OC(CO)C(O)C(O)C1O)NC(=O)CCCCCCCCCCCCCCCCC/C=C\C/C=C\CCCCCCCCCCCOC(=O)CCCCCCCCCCC/C=C\CCCCCCCC. The molecular weight excluding hydrogens is 1100 g/mol. The van der Waals surface area contributed by atoms with Crippen LogP contribution in [0.25, 0.3) is 0 Å². The van der Waals surface area contributed by atoms with E-state index < -0.39 is 49.5 Å². The third kappa shape index (κ3) is 53.7. The predicted molar refractivity (Wildman–Crippen MR) is 370 cm³/mol. The molecule has 0 radical (unpaired) electrons. The van der Waals surface area contributed by atoms with Gasteiger partial charge in [-0.1, -0.05) is 292 Å². The third-order valence-corrected chi connectivity index (χ3v) is 17.3. The van der Waals surface area contributed by atoms with Crippen LogP contribution in [-0.2, 0) is 23.8 Å². The van der Waals surface area contributed by atoms with Gasteiger partial charge in [0.15, 0.2) is 6.29 Å². The molecule has 0 aromatic carbocycles. The fourth-order valence-electron chi connectivity index (χ4n) is 11.4. The van der Waals surface area contributed by atoms with Crippen LogP contribution < -0.4 is 5.32 Å². The summed E-state index contributed by atoms with van der Waals surface area (Å²) in [5.74, 6) is -0.194. The highest BCUT2D eigenvalue weighted by Crippen LogP contribution is 2.23. The Bertz CT molecular complexity index is 1690. The van der Waals surface area contributed by atoms with Crippen LogP contribution in [0, 0.1) is 0 Å². The topological polar surface area (TPSA) is 175 Å². The van der Waals surface area contributed by atoms with Crippen molar-refractivity contribution in [3.05, 3.63) is 72.9 Å². The van der Waals surface area contributed by atoms with Gasteiger partial charge in [-0.25, -0.2) is 0 Å². The first-order valence-corrected chi connectivity index (χ1v) is 37.2. The number of carbonyl (C=O) groups excluding carboxylic acids is 2. The van der Waals surface area contributed by atoms with Crippen molar-refractivity contribution >= 4 is 11.9 Å². The molecule has 0 aromatic heterocycles. The summed E-state index contributed by atoms with van der Waals surface area (Å²) >= 11 is 0. The molecule has 0 aliphatic carbocycles.